The van der Waals surface area contributed by atoms with E-state index in [4.69, 9.17) is 4.74 Å². The van der Waals surface area contributed by atoms with Crippen LogP contribution in [0.4, 0.5) is 4.79 Å². The Kier molecular flexibility index (Phi) is 7.36. The van der Waals surface area contributed by atoms with Crippen LogP contribution in [0.15, 0.2) is 60.7 Å². The van der Waals surface area contributed by atoms with Crippen LogP contribution in [0.5, 0.6) is 0 Å². The van der Waals surface area contributed by atoms with Gasteiger partial charge in [0.2, 0.25) is 5.12 Å². The maximum atomic E-state index is 12.3. The van der Waals surface area contributed by atoms with Crippen LogP contribution in [0.25, 0.3) is 0 Å². The second kappa shape index (κ2) is 9.78. The molecule has 2 aromatic carbocycles. The minimum atomic E-state index is -0.597. The van der Waals surface area contributed by atoms with E-state index in [1.165, 1.54) is 11.8 Å². The highest BCUT2D eigenvalue weighted by Gasteiger charge is 2.21. The number of carbonyl (C=O) groups excluding carboxylic acids is 2. The molecule has 4 nitrogen and oxygen atoms in total. The molecule has 0 unspecified atom stereocenters. The zero-order valence-electron chi connectivity index (χ0n) is 13.6. The van der Waals surface area contributed by atoms with E-state index in [0.717, 1.165) is 11.1 Å². The molecular formula is C19H21NO3S. The van der Waals surface area contributed by atoms with Gasteiger partial charge in [-0.1, -0.05) is 79.3 Å². The first-order valence-corrected chi connectivity index (χ1v) is 8.85. The Balaban J connectivity index is 1.93. The Morgan fingerprint density at radius 3 is 2.17 bits per heavy atom. The minimum Gasteiger partial charge on any atom is -0.445 e. The fourth-order valence-corrected chi connectivity index (χ4v) is 2.82. The molecule has 0 heterocycles. The average molecular weight is 343 g/mol. The van der Waals surface area contributed by atoms with E-state index >= 15 is 0 Å². The predicted molar refractivity (Wildman–Crippen MR) is 96.8 cm³/mol. The number of hydrogen-bond donors (Lipinski definition) is 1. The second-order valence-corrected chi connectivity index (χ2v) is 6.47. The zero-order chi connectivity index (χ0) is 17.2. The molecule has 0 radical (unpaired) electrons. The van der Waals surface area contributed by atoms with Gasteiger partial charge in [-0.3, -0.25) is 4.79 Å². The quantitative estimate of drug-likeness (QED) is 0.831. The third-order valence-electron chi connectivity index (χ3n) is 3.36. The number of ether oxygens (including phenoxy) is 1. The van der Waals surface area contributed by atoms with Crippen molar-refractivity contribution >= 4 is 23.0 Å². The Morgan fingerprint density at radius 2 is 1.58 bits per heavy atom. The molecule has 1 atom stereocenters. The third-order valence-corrected chi connectivity index (χ3v) is 4.22. The lowest BCUT2D eigenvalue weighted by molar-refractivity contribution is -0.112. The van der Waals surface area contributed by atoms with Crippen LogP contribution in [0, 0.1) is 0 Å². The number of thioether (sulfide) groups is 1. The van der Waals surface area contributed by atoms with Crippen molar-refractivity contribution in [1.29, 1.82) is 0 Å². The van der Waals surface area contributed by atoms with E-state index in [2.05, 4.69) is 5.32 Å². The Morgan fingerprint density at radius 1 is 1.00 bits per heavy atom. The zero-order valence-corrected chi connectivity index (χ0v) is 14.4. The van der Waals surface area contributed by atoms with Crippen molar-refractivity contribution in [2.24, 2.45) is 0 Å². The van der Waals surface area contributed by atoms with Gasteiger partial charge in [-0.15, -0.1) is 0 Å². The molecule has 2 aromatic rings. The smallest absolute Gasteiger partial charge is 0.408 e. The topological polar surface area (TPSA) is 55.4 Å². The van der Waals surface area contributed by atoms with Crippen LogP contribution in [0.2, 0.25) is 0 Å². The van der Waals surface area contributed by atoms with Gasteiger partial charge in [0.05, 0.1) is 0 Å². The van der Waals surface area contributed by atoms with Crippen LogP contribution in [-0.2, 0) is 22.6 Å². The van der Waals surface area contributed by atoms with E-state index < -0.39 is 12.1 Å². The molecular weight excluding hydrogens is 322 g/mol. The molecule has 0 aliphatic carbocycles. The number of rotatable bonds is 7. The van der Waals surface area contributed by atoms with E-state index in [1.807, 2.05) is 67.6 Å². The first-order valence-electron chi connectivity index (χ1n) is 7.87. The summed E-state index contributed by atoms with van der Waals surface area (Å²) in [4.78, 5) is 24.3. The standard InChI is InChI=1S/C19H21NO3S/c1-2-24-18(21)17(13-15-9-5-3-6-10-15)20-19(22)23-14-16-11-7-4-8-12-16/h3-12,17H,2,13-14H2,1H3,(H,20,22)/t17-/m0/s1. The Hall–Kier alpha value is -2.27. The molecule has 0 aromatic heterocycles. The van der Waals surface area contributed by atoms with E-state index in [0.29, 0.717) is 12.2 Å². The van der Waals surface area contributed by atoms with Crippen LogP contribution >= 0.6 is 11.8 Å². The first kappa shape index (κ1) is 18.1. The summed E-state index contributed by atoms with van der Waals surface area (Å²) in [7, 11) is 0. The lowest BCUT2D eigenvalue weighted by atomic mass is 10.1. The van der Waals surface area contributed by atoms with Gasteiger partial charge in [0, 0.05) is 6.42 Å². The van der Waals surface area contributed by atoms with Crippen molar-refractivity contribution in [1.82, 2.24) is 5.32 Å². The summed E-state index contributed by atoms with van der Waals surface area (Å²) in [5.41, 5.74) is 1.90. The van der Waals surface area contributed by atoms with Gasteiger partial charge in [0.25, 0.3) is 0 Å². The van der Waals surface area contributed by atoms with Gasteiger partial charge in [-0.25, -0.2) is 4.79 Å². The van der Waals surface area contributed by atoms with E-state index in [1.54, 1.807) is 0 Å². The van der Waals surface area contributed by atoms with Crippen molar-refractivity contribution in [2.45, 2.75) is 26.0 Å². The molecule has 0 bridgehead atoms. The average Bonchev–Trinajstić information content (AvgIpc) is 2.61. The SMILES string of the molecule is CCSC(=O)[C@H](Cc1ccccc1)NC(=O)OCc1ccccc1. The van der Waals surface area contributed by atoms with Gasteiger partial charge in [-0.2, -0.15) is 0 Å². The van der Waals surface area contributed by atoms with Crippen molar-refractivity contribution in [3.05, 3.63) is 71.8 Å². The molecule has 5 heteroatoms. The van der Waals surface area contributed by atoms with Crippen molar-refractivity contribution in [3.63, 3.8) is 0 Å². The molecule has 0 aliphatic rings. The van der Waals surface area contributed by atoms with Crippen LogP contribution in [0.1, 0.15) is 18.1 Å². The summed E-state index contributed by atoms with van der Waals surface area (Å²) in [5, 5.41) is 2.63. The number of carbonyl (C=O) groups is 2. The maximum Gasteiger partial charge on any atom is 0.408 e. The van der Waals surface area contributed by atoms with Gasteiger partial charge in [-0.05, 0) is 16.9 Å². The number of benzene rings is 2. The van der Waals surface area contributed by atoms with Crippen LogP contribution < -0.4 is 5.32 Å². The summed E-state index contributed by atoms with van der Waals surface area (Å²) in [6, 6.07) is 18.5. The molecule has 0 saturated carbocycles. The normalized spacial score (nSPS) is 11.5. The molecule has 0 aliphatic heterocycles. The summed E-state index contributed by atoms with van der Waals surface area (Å²) >= 11 is 1.21. The number of amides is 1. The molecule has 0 saturated heterocycles. The minimum absolute atomic E-state index is 0.0574. The highest BCUT2D eigenvalue weighted by molar-refractivity contribution is 8.13. The number of nitrogens with one attached hydrogen (secondary N) is 1. The summed E-state index contributed by atoms with van der Waals surface area (Å²) in [6.45, 7) is 2.09. The molecule has 24 heavy (non-hydrogen) atoms. The lowest BCUT2D eigenvalue weighted by Crippen LogP contribution is -2.41. The second-order valence-electron chi connectivity index (χ2n) is 5.20. The summed E-state index contributed by atoms with van der Waals surface area (Å²) in [6.07, 6.45) is -0.127. The lowest BCUT2D eigenvalue weighted by Gasteiger charge is -2.17. The molecule has 2 rings (SSSR count). The molecule has 126 valence electrons. The highest BCUT2D eigenvalue weighted by atomic mass is 32.2. The maximum absolute atomic E-state index is 12.3. The highest BCUT2D eigenvalue weighted by Crippen LogP contribution is 2.11. The molecule has 1 amide bonds. The fourth-order valence-electron chi connectivity index (χ4n) is 2.19. The van der Waals surface area contributed by atoms with Gasteiger partial charge < -0.3 is 10.1 Å². The molecule has 0 spiro atoms. The summed E-state index contributed by atoms with van der Waals surface area (Å²) < 4.78 is 5.21. The molecule has 1 N–H and O–H groups in total. The van der Waals surface area contributed by atoms with E-state index in [9.17, 15) is 9.59 Å². The fraction of sp³-hybridized carbons (Fsp3) is 0.263. The predicted octanol–water partition coefficient (Wildman–Crippen LogP) is 3.80. The van der Waals surface area contributed by atoms with Gasteiger partial charge in [0.15, 0.2) is 0 Å². The summed E-state index contributed by atoms with van der Waals surface area (Å²) in [5.74, 6) is 0.671. The van der Waals surface area contributed by atoms with Gasteiger partial charge in [0.1, 0.15) is 12.6 Å². The number of hydrogen-bond acceptors (Lipinski definition) is 4. The number of alkyl carbamates (subject to hydrolysis) is 1. The van der Waals surface area contributed by atoms with Crippen molar-refractivity contribution in [2.75, 3.05) is 5.75 Å². The largest absolute Gasteiger partial charge is 0.445 e. The Bertz CT molecular complexity index is 646. The van der Waals surface area contributed by atoms with Crippen molar-refractivity contribution < 1.29 is 14.3 Å². The van der Waals surface area contributed by atoms with Gasteiger partial charge >= 0.3 is 6.09 Å². The monoisotopic (exact) mass is 343 g/mol. The van der Waals surface area contributed by atoms with Crippen molar-refractivity contribution in [3.8, 4) is 0 Å². The third kappa shape index (κ3) is 6.08. The molecule has 0 fully saturated rings. The van der Waals surface area contributed by atoms with E-state index in [-0.39, 0.29) is 11.7 Å². The first-order chi connectivity index (χ1) is 11.7. The van der Waals surface area contributed by atoms with Crippen LogP contribution in [0.3, 0.4) is 0 Å². The Labute approximate surface area is 146 Å². The van der Waals surface area contributed by atoms with Crippen LogP contribution in [-0.4, -0.2) is 23.0 Å².